The minimum absolute atomic E-state index is 0.0108. The molecule has 2 heterocycles. The van der Waals surface area contributed by atoms with Crippen LogP contribution in [0.15, 0.2) is 42.7 Å². The van der Waals surface area contributed by atoms with E-state index in [0.29, 0.717) is 31.7 Å². The minimum Gasteiger partial charge on any atom is -0.392 e. The van der Waals surface area contributed by atoms with Crippen molar-refractivity contribution < 1.29 is 14.6 Å². The second-order valence-electron chi connectivity index (χ2n) is 6.98. The molecule has 1 saturated heterocycles. The van der Waals surface area contributed by atoms with E-state index in [9.17, 15) is 9.90 Å². The molecule has 0 bridgehead atoms. The molecule has 4 rings (SSSR count). The van der Waals surface area contributed by atoms with Gasteiger partial charge in [0.15, 0.2) is 0 Å². The number of ether oxygens (including phenoxy) is 1. The summed E-state index contributed by atoms with van der Waals surface area (Å²) in [6.45, 7) is 1.86. The topological polar surface area (TPSA) is 76.4 Å². The predicted octanol–water partition coefficient (Wildman–Crippen LogP) is 1.59. The van der Waals surface area contributed by atoms with E-state index >= 15 is 0 Å². The Labute approximate surface area is 146 Å². The van der Waals surface area contributed by atoms with E-state index in [1.54, 1.807) is 10.9 Å². The van der Waals surface area contributed by atoms with Gasteiger partial charge in [-0.1, -0.05) is 18.2 Å². The monoisotopic (exact) mass is 341 g/mol. The second-order valence-corrected chi connectivity index (χ2v) is 6.98. The van der Waals surface area contributed by atoms with Gasteiger partial charge >= 0.3 is 0 Å². The molecule has 25 heavy (non-hydrogen) atoms. The number of aromatic nitrogens is 2. The third-order valence-corrected chi connectivity index (χ3v) is 5.70. The number of nitrogens with one attached hydrogen (secondary N) is 1. The molecule has 6 nitrogen and oxygen atoms in total. The highest BCUT2D eigenvalue weighted by Gasteiger charge is 2.55. The molecule has 1 aliphatic carbocycles. The van der Waals surface area contributed by atoms with Crippen molar-refractivity contribution in [2.24, 2.45) is 5.41 Å². The van der Waals surface area contributed by atoms with Gasteiger partial charge in [-0.2, -0.15) is 5.10 Å². The van der Waals surface area contributed by atoms with E-state index in [1.165, 1.54) is 0 Å². The van der Waals surface area contributed by atoms with Crippen LogP contribution in [-0.4, -0.2) is 46.2 Å². The SMILES string of the molecule is O=C(N[C@@H]1C[C@@H](O)C12CCOCC2)c1ccccc1Cn1cccn1. The standard InChI is InChI=1S/C19H23N3O3/c23-17-12-16(19(17)6-10-25-11-7-19)21-18(24)15-5-2-1-4-14(15)13-22-9-3-8-20-22/h1-5,8-9,16-17,23H,6-7,10-13H2,(H,21,24)/t16-,17-/m1/s1. The number of aliphatic hydroxyl groups excluding tert-OH is 1. The Balaban J connectivity index is 1.50. The highest BCUT2D eigenvalue weighted by atomic mass is 16.5. The van der Waals surface area contributed by atoms with Gasteiger partial charge in [0.2, 0.25) is 0 Å². The minimum atomic E-state index is -0.346. The number of hydrogen-bond donors (Lipinski definition) is 2. The maximum atomic E-state index is 12.9. The number of rotatable bonds is 4. The van der Waals surface area contributed by atoms with Crippen molar-refractivity contribution in [3.05, 3.63) is 53.9 Å². The molecule has 1 spiro atoms. The Kier molecular flexibility index (Phi) is 4.31. The van der Waals surface area contributed by atoms with Gasteiger partial charge in [-0.25, -0.2) is 0 Å². The van der Waals surface area contributed by atoms with Crippen LogP contribution in [0, 0.1) is 5.41 Å². The van der Waals surface area contributed by atoms with Gasteiger partial charge in [-0.3, -0.25) is 9.48 Å². The molecule has 6 heteroatoms. The first-order valence-corrected chi connectivity index (χ1v) is 8.81. The van der Waals surface area contributed by atoms with Gasteiger partial charge in [0.05, 0.1) is 12.6 Å². The number of amides is 1. The van der Waals surface area contributed by atoms with Crippen molar-refractivity contribution in [3.8, 4) is 0 Å². The number of hydrogen-bond acceptors (Lipinski definition) is 4. The smallest absolute Gasteiger partial charge is 0.251 e. The summed E-state index contributed by atoms with van der Waals surface area (Å²) in [7, 11) is 0. The van der Waals surface area contributed by atoms with E-state index in [4.69, 9.17) is 4.74 Å². The van der Waals surface area contributed by atoms with Crippen molar-refractivity contribution in [3.63, 3.8) is 0 Å². The Hall–Kier alpha value is -2.18. The van der Waals surface area contributed by atoms with Crippen LogP contribution in [0.25, 0.3) is 0 Å². The number of aliphatic hydroxyl groups is 1. The zero-order valence-electron chi connectivity index (χ0n) is 14.1. The lowest BCUT2D eigenvalue weighted by Gasteiger charge is -2.55. The van der Waals surface area contributed by atoms with Gasteiger partial charge in [0, 0.05) is 42.6 Å². The number of nitrogens with zero attached hydrogens (tertiary/aromatic N) is 2. The molecule has 2 atom stereocenters. The molecular weight excluding hydrogens is 318 g/mol. The maximum Gasteiger partial charge on any atom is 0.251 e. The molecule has 1 amide bonds. The maximum absolute atomic E-state index is 12.9. The van der Waals surface area contributed by atoms with Gasteiger partial charge in [-0.15, -0.1) is 0 Å². The fraction of sp³-hybridized carbons (Fsp3) is 0.474. The van der Waals surface area contributed by atoms with Crippen LogP contribution in [-0.2, 0) is 11.3 Å². The normalized spacial score (nSPS) is 24.7. The summed E-state index contributed by atoms with van der Waals surface area (Å²) in [5, 5.41) is 17.7. The first-order valence-electron chi connectivity index (χ1n) is 8.81. The van der Waals surface area contributed by atoms with Crippen molar-refractivity contribution in [2.75, 3.05) is 13.2 Å². The van der Waals surface area contributed by atoms with Gasteiger partial charge < -0.3 is 15.2 Å². The highest BCUT2D eigenvalue weighted by molar-refractivity contribution is 5.96. The lowest BCUT2D eigenvalue weighted by molar-refractivity contribution is -0.145. The van der Waals surface area contributed by atoms with Gasteiger partial charge in [0.25, 0.3) is 5.91 Å². The summed E-state index contributed by atoms with van der Waals surface area (Å²) >= 11 is 0. The quantitative estimate of drug-likeness (QED) is 0.885. The fourth-order valence-corrected chi connectivity index (χ4v) is 4.08. The van der Waals surface area contributed by atoms with Gasteiger partial charge in [0.1, 0.15) is 0 Å². The molecule has 1 aromatic heterocycles. The average molecular weight is 341 g/mol. The summed E-state index contributed by atoms with van der Waals surface area (Å²) in [6.07, 6.45) is 5.48. The summed E-state index contributed by atoms with van der Waals surface area (Å²) in [4.78, 5) is 12.9. The Morgan fingerprint density at radius 2 is 2.12 bits per heavy atom. The van der Waals surface area contributed by atoms with Crippen molar-refractivity contribution >= 4 is 5.91 Å². The third kappa shape index (κ3) is 2.96. The number of carbonyl (C=O) groups excluding carboxylic acids is 1. The Morgan fingerprint density at radius 3 is 2.84 bits per heavy atom. The summed E-state index contributed by atoms with van der Waals surface area (Å²) in [5.41, 5.74) is 1.39. The van der Waals surface area contributed by atoms with Crippen LogP contribution < -0.4 is 5.32 Å². The first-order chi connectivity index (χ1) is 12.2. The predicted molar refractivity (Wildman–Crippen MR) is 92.1 cm³/mol. The van der Waals surface area contributed by atoms with Crippen LogP contribution in [0.1, 0.15) is 35.2 Å². The Morgan fingerprint density at radius 1 is 1.32 bits per heavy atom. The first kappa shape index (κ1) is 16.3. The zero-order valence-corrected chi connectivity index (χ0v) is 14.1. The third-order valence-electron chi connectivity index (χ3n) is 5.70. The van der Waals surface area contributed by atoms with E-state index in [2.05, 4.69) is 10.4 Å². The van der Waals surface area contributed by atoms with Crippen LogP contribution in [0.5, 0.6) is 0 Å². The fourth-order valence-electron chi connectivity index (χ4n) is 4.08. The van der Waals surface area contributed by atoms with Gasteiger partial charge in [-0.05, 0) is 37.0 Å². The molecule has 2 aliphatic rings. The molecule has 2 aromatic rings. The second kappa shape index (κ2) is 6.61. The lowest BCUT2D eigenvalue weighted by Crippen LogP contribution is -2.65. The average Bonchev–Trinajstić information content (AvgIpc) is 3.15. The molecule has 0 unspecified atom stereocenters. The number of carbonyl (C=O) groups is 1. The van der Waals surface area contributed by atoms with Crippen LogP contribution in [0.4, 0.5) is 0 Å². The molecule has 2 N–H and O–H groups in total. The summed E-state index contributed by atoms with van der Waals surface area (Å²) in [6, 6.07) is 9.49. The van der Waals surface area contributed by atoms with Crippen LogP contribution >= 0.6 is 0 Å². The number of benzene rings is 1. The largest absolute Gasteiger partial charge is 0.392 e. The van der Waals surface area contributed by atoms with E-state index in [0.717, 1.165) is 18.4 Å². The summed E-state index contributed by atoms with van der Waals surface area (Å²) < 4.78 is 7.24. The van der Waals surface area contributed by atoms with Crippen LogP contribution in [0.3, 0.4) is 0 Å². The summed E-state index contributed by atoms with van der Waals surface area (Å²) in [5.74, 6) is -0.0782. The molecule has 132 valence electrons. The molecule has 1 aliphatic heterocycles. The van der Waals surface area contributed by atoms with Crippen LogP contribution in [0.2, 0.25) is 0 Å². The Bertz CT molecular complexity index is 738. The van der Waals surface area contributed by atoms with E-state index < -0.39 is 0 Å². The van der Waals surface area contributed by atoms with E-state index in [1.807, 2.05) is 36.5 Å². The molecule has 1 aromatic carbocycles. The van der Waals surface area contributed by atoms with Crippen molar-refractivity contribution in [1.82, 2.24) is 15.1 Å². The molecule has 1 saturated carbocycles. The van der Waals surface area contributed by atoms with Crippen molar-refractivity contribution in [2.45, 2.75) is 38.0 Å². The molecule has 0 radical (unpaired) electrons. The van der Waals surface area contributed by atoms with E-state index in [-0.39, 0.29) is 23.5 Å². The highest BCUT2D eigenvalue weighted by Crippen LogP contribution is 2.49. The molecular formula is C19H23N3O3. The molecule has 2 fully saturated rings. The lowest BCUT2D eigenvalue weighted by atomic mass is 9.58. The van der Waals surface area contributed by atoms with Crippen molar-refractivity contribution in [1.29, 1.82) is 0 Å². The zero-order chi connectivity index (χ0) is 17.3.